The topological polar surface area (TPSA) is 94.6 Å². The molecule has 3 aromatic rings. The molecule has 0 aliphatic rings. The van der Waals surface area contributed by atoms with Crippen molar-refractivity contribution in [3.05, 3.63) is 24.3 Å². The Morgan fingerprint density at radius 3 is 2.95 bits per heavy atom. The van der Waals surface area contributed by atoms with Gasteiger partial charge in [-0.2, -0.15) is 0 Å². The molecule has 1 aromatic carbocycles. The molecule has 7 heteroatoms. The smallest absolute Gasteiger partial charge is 0.211 e. The van der Waals surface area contributed by atoms with Crippen LogP contribution in [-0.2, 0) is 4.79 Å². The van der Waals surface area contributed by atoms with E-state index in [2.05, 4.69) is 20.2 Å². The number of H-pyrrole nitrogens is 1. The third-order valence-electron chi connectivity index (χ3n) is 2.72. The van der Waals surface area contributed by atoms with Crippen LogP contribution in [0.15, 0.2) is 29.4 Å². The van der Waals surface area contributed by atoms with Crippen LogP contribution in [0.2, 0.25) is 0 Å². The Kier molecular flexibility index (Phi) is 2.83. The fourth-order valence-corrected chi connectivity index (χ4v) is 2.41. The molecule has 2 heterocycles. The molecule has 1 N–H and O–H groups in total. The molecule has 0 spiro atoms. The van der Waals surface area contributed by atoms with E-state index in [1.165, 1.54) is 6.92 Å². The molecular weight excluding hydrogens is 264 g/mol. The number of para-hydroxylation sites is 1. The van der Waals surface area contributed by atoms with Crippen LogP contribution in [0.1, 0.15) is 6.92 Å². The first kappa shape index (κ1) is 11.9. The van der Waals surface area contributed by atoms with E-state index >= 15 is 0 Å². The molecule has 0 bridgehead atoms. The molecule has 1 atom stereocenters. The second kappa shape index (κ2) is 4.51. The van der Waals surface area contributed by atoms with E-state index < -0.39 is 11.2 Å². The lowest BCUT2D eigenvalue weighted by atomic mass is 10.2. The van der Waals surface area contributed by atoms with Gasteiger partial charge in [-0.25, -0.2) is 4.98 Å². The van der Waals surface area contributed by atoms with Crippen LogP contribution in [0.25, 0.3) is 22.1 Å². The summed E-state index contributed by atoms with van der Waals surface area (Å²) in [5.74, 6) is -1.15. The van der Waals surface area contributed by atoms with Crippen LogP contribution in [0.3, 0.4) is 0 Å². The summed E-state index contributed by atoms with van der Waals surface area (Å²) in [5.41, 5.74) is 2.21. The van der Waals surface area contributed by atoms with Crippen molar-refractivity contribution in [2.24, 2.45) is 0 Å². The van der Waals surface area contributed by atoms with Crippen molar-refractivity contribution < 1.29 is 9.90 Å². The minimum Gasteiger partial charge on any atom is -0.549 e. The first-order chi connectivity index (χ1) is 9.15. The van der Waals surface area contributed by atoms with Crippen LogP contribution < -0.4 is 5.11 Å². The molecule has 96 valence electrons. The molecule has 0 unspecified atom stereocenters. The number of aromatic nitrogens is 4. The summed E-state index contributed by atoms with van der Waals surface area (Å²) >= 11 is 1.01. The number of nitrogens with zero attached hydrogens (tertiary/aromatic N) is 3. The Labute approximate surface area is 112 Å². The number of carbonyl (C=O) groups is 1. The molecular formula is C12H9N4O2S-. The summed E-state index contributed by atoms with van der Waals surface area (Å²) in [6, 6.07) is 7.69. The van der Waals surface area contributed by atoms with E-state index in [1.54, 1.807) is 0 Å². The van der Waals surface area contributed by atoms with Crippen molar-refractivity contribution in [2.75, 3.05) is 0 Å². The highest BCUT2D eigenvalue weighted by Gasteiger charge is 2.12. The minimum atomic E-state index is -1.15. The van der Waals surface area contributed by atoms with Gasteiger partial charge < -0.3 is 14.9 Å². The lowest BCUT2D eigenvalue weighted by Gasteiger charge is -2.09. The normalized spacial score (nSPS) is 12.9. The molecule has 19 heavy (non-hydrogen) atoms. The number of carbonyl (C=O) groups excluding carboxylic acids is 1. The van der Waals surface area contributed by atoms with Gasteiger partial charge in [0.1, 0.15) is 5.52 Å². The SMILES string of the molecule is C[C@@H](Sc1nnc2c(n1)[nH]c1ccccc12)C(=O)[O-]. The van der Waals surface area contributed by atoms with Crippen molar-refractivity contribution >= 4 is 39.8 Å². The molecule has 2 aromatic heterocycles. The van der Waals surface area contributed by atoms with E-state index in [-0.39, 0.29) is 0 Å². The van der Waals surface area contributed by atoms with Crippen molar-refractivity contribution in [1.82, 2.24) is 20.2 Å². The summed E-state index contributed by atoms with van der Waals surface area (Å²) in [7, 11) is 0. The van der Waals surface area contributed by atoms with Crippen molar-refractivity contribution in [3.8, 4) is 0 Å². The Balaban J connectivity index is 2.06. The zero-order valence-corrected chi connectivity index (χ0v) is 10.8. The molecule has 0 aliphatic carbocycles. The zero-order valence-electron chi connectivity index (χ0n) is 9.95. The summed E-state index contributed by atoms with van der Waals surface area (Å²) in [6.07, 6.45) is 0. The average Bonchev–Trinajstić information content (AvgIpc) is 2.76. The van der Waals surface area contributed by atoms with E-state index in [0.717, 1.165) is 22.7 Å². The van der Waals surface area contributed by atoms with Gasteiger partial charge >= 0.3 is 0 Å². The van der Waals surface area contributed by atoms with Crippen LogP contribution in [0.5, 0.6) is 0 Å². The van der Waals surface area contributed by atoms with Gasteiger partial charge in [0.15, 0.2) is 5.65 Å². The van der Waals surface area contributed by atoms with Gasteiger partial charge in [0.05, 0.1) is 5.97 Å². The summed E-state index contributed by atoms with van der Waals surface area (Å²) in [6.45, 7) is 1.53. The van der Waals surface area contributed by atoms with Gasteiger partial charge in [0.2, 0.25) is 5.16 Å². The summed E-state index contributed by atoms with van der Waals surface area (Å²) in [4.78, 5) is 18.1. The number of aliphatic carboxylic acids is 1. The lowest BCUT2D eigenvalue weighted by Crippen LogP contribution is -2.31. The van der Waals surface area contributed by atoms with Gasteiger partial charge in [-0.15, -0.1) is 10.2 Å². The van der Waals surface area contributed by atoms with Gasteiger partial charge in [0, 0.05) is 16.2 Å². The summed E-state index contributed by atoms with van der Waals surface area (Å²) < 4.78 is 0. The Hall–Kier alpha value is -2.15. The van der Waals surface area contributed by atoms with Gasteiger partial charge in [0.25, 0.3) is 0 Å². The monoisotopic (exact) mass is 273 g/mol. The number of fused-ring (bicyclic) bond motifs is 3. The van der Waals surface area contributed by atoms with Crippen molar-refractivity contribution in [1.29, 1.82) is 0 Å². The molecule has 0 saturated heterocycles. The first-order valence-electron chi connectivity index (χ1n) is 5.64. The predicted molar refractivity (Wildman–Crippen MR) is 69.5 cm³/mol. The second-order valence-corrected chi connectivity index (χ2v) is 5.35. The predicted octanol–water partition coefficient (Wildman–Crippen LogP) is 0.737. The number of carboxylic acids is 1. The average molecular weight is 273 g/mol. The highest BCUT2D eigenvalue weighted by Crippen LogP contribution is 2.24. The molecule has 0 amide bonds. The number of hydrogen-bond donors (Lipinski definition) is 1. The fraction of sp³-hybridized carbons (Fsp3) is 0.167. The Morgan fingerprint density at radius 2 is 2.16 bits per heavy atom. The van der Waals surface area contributed by atoms with Crippen molar-refractivity contribution in [3.63, 3.8) is 0 Å². The highest BCUT2D eigenvalue weighted by molar-refractivity contribution is 8.00. The largest absolute Gasteiger partial charge is 0.549 e. The van der Waals surface area contributed by atoms with Gasteiger partial charge in [-0.1, -0.05) is 30.0 Å². The van der Waals surface area contributed by atoms with Gasteiger partial charge in [-0.05, 0) is 13.0 Å². The number of benzene rings is 1. The quantitative estimate of drug-likeness (QED) is 0.707. The van der Waals surface area contributed by atoms with Crippen LogP contribution in [0.4, 0.5) is 0 Å². The van der Waals surface area contributed by atoms with E-state index in [9.17, 15) is 9.90 Å². The zero-order chi connectivity index (χ0) is 13.4. The van der Waals surface area contributed by atoms with Crippen molar-refractivity contribution in [2.45, 2.75) is 17.3 Å². The molecule has 3 rings (SSSR count). The number of rotatable bonds is 3. The maximum absolute atomic E-state index is 10.7. The number of hydrogen-bond acceptors (Lipinski definition) is 6. The molecule has 0 saturated carbocycles. The third kappa shape index (κ3) is 2.12. The van der Waals surface area contributed by atoms with Crippen LogP contribution in [0, 0.1) is 0 Å². The van der Waals surface area contributed by atoms with E-state index in [1.807, 2.05) is 24.3 Å². The summed E-state index contributed by atoms with van der Waals surface area (Å²) in [5, 5.41) is 19.3. The first-order valence-corrected chi connectivity index (χ1v) is 6.52. The molecule has 0 aliphatic heterocycles. The highest BCUT2D eigenvalue weighted by atomic mass is 32.2. The maximum Gasteiger partial charge on any atom is 0.211 e. The molecule has 6 nitrogen and oxygen atoms in total. The Morgan fingerprint density at radius 1 is 1.37 bits per heavy atom. The van der Waals surface area contributed by atoms with E-state index in [0.29, 0.717) is 16.3 Å². The maximum atomic E-state index is 10.7. The number of aromatic amines is 1. The standard InChI is InChI=1S/C12H10N4O2S/c1-6(11(17)18)19-12-14-10-9(15-16-12)7-4-2-3-5-8(7)13-10/h2-6H,1H3,(H,17,18)(H,13,14,16)/p-1/t6-/m1/s1. The second-order valence-electron chi connectivity index (χ2n) is 4.04. The number of thioether (sulfide) groups is 1. The molecule has 0 radical (unpaired) electrons. The van der Waals surface area contributed by atoms with Crippen LogP contribution in [-0.4, -0.2) is 31.4 Å². The fourth-order valence-electron chi connectivity index (χ4n) is 1.76. The number of carboxylic acid groups (broad SMARTS) is 1. The number of nitrogens with one attached hydrogen (secondary N) is 1. The lowest BCUT2D eigenvalue weighted by molar-refractivity contribution is -0.304. The van der Waals surface area contributed by atoms with Crippen LogP contribution >= 0.6 is 11.8 Å². The minimum absolute atomic E-state index is 0.316. The van der Waals surface area contributed by atoms with Gasteiger partial charge in [-0.3, -0.25) is 0 Å². The molecule has 0 fully saturated rings. The third-order valence-corrected chi connectivity index (χ3v) is 3.65. The Bertz CT molecular complexity index is 771. The van der Waals surface area contributed by atoms with E-state index in [4.69, 9.17) is 0 Å².